The number of aromatic nitrogens is 1. The van der Waals surface area contributed by atoms with Crippen LogP contribution in [-0.4, -0.2) is 17.6 Å². The predicted octanol–water partition coefficient (Wildman–Crippen LogP) is 6.98. The smallest absolute Gasteiger partial charge is 0.306 e. The van der Waals surface area contributed by atoms with Crippen LogP contribution in [0.2, 0.25) is 5.02 Å². The van der Waals surface area contributed by atoms with Crippen LogP contribution in [0.15, 0.2) is 52.3 Å². The number of thiazole rings is 1. The normalized spacial score (nSPS) is 10.7. The quantitative estimate of drug-likeness (QED) is 0.442. The standard InChI is InChI=1S/C20H19BrClN3OS/c1-3-9-25(19(26)23-17-8-7-13(2)10-16(17)22)20-24-18(12-27-20)14-5-4-6-15(21)11-14/h4-8,10-12H,3,9H2,1-2H3,(H,23,26). The molecule has 0 aliphatic rings. The van der Waals surface area contributed by atoms with Crippen molar-refractivity contribution in [3.05, 3.63) is 62.9 Å². The average molecular weight is 465 g/mol. The lowest BCUT2D eigenvalue weighted by molar-refractivity contribution is 0.257. The van der Waals surface area contributed by atoms with E-state index >= 15 is 0 Å². The molecule has 0 aliphatic carbocycles. The Hall–Kier alpha value is -1.89. The molecule has 140 valence electrons. The van der Waals surface area contributed by atoms with Gasteiger partial charge in [-0.15, -0.1) is 11.3 Å². The van der Waals surface area contributed by atoms with Gasteiger partial charge in [-0.3, -0.25) is 4.90 Å². The van der Waals surface area contributed by atoms with E-state index in [2.05, 4.69) is 26.2 Å². The first-order chi connectivity index (χ1) is 13.0. The van der Waals surface area contributed by atoms with Gasteiger partial charge in [-0.1, -0.05) is 52.7 Å². The minimum atomic E-state index is -0.238. The monoisotopic (exact) mass is 463 g/mol. The van der Waals surface area contributed by atoms with Gasteiger partial charge in [0.25, 0.3) is 0 Å². The lowest BCUT2D eigenvalue weighted by Crippen LogP contribution is -2.35. The van der Waals surface area contributed by atoms with Gasteiger partial charge in [-0.05, 0) is 43.2 Å². The zero-order chi connectivity index (χ0) is 19.4. The van der Waals surface area contributed by atoms with Gasteiger partial charge < -0.3 is 5.32 Å². The Morgan fingerprint density at radius 1 is 1.30 bits per heavy atom. The Morgan fingerprint density at radius 2 is 2.11 bits per heavy atom. The number of carbonyl (C=O) groups is 1. The number of nitrogens with zero attached hydrogens (tertiary/aromatic N) is 2. The van der Waals surface area contributed by atoms with Crippen LogP contribution >= 0.6 is 38.9 Å². The summed E-state index contributed by atoms with van der Waals surface area (Å²) in [7, 11) is 0. The van der Waals surface area contributed by atoms with E-state index in [4.69, 9.17) is 11.6 Å². The molecule has 0 aliphatic heterocycles. The number of amides is 2. The molecule has 0 bridgehead atoms. The molecule has 0 unspecified atom stereocenters. The second-order valence-electron chi connectivity index (χ2n) is 6.09. The van der Waals surface area contributed by atoms with Crippen molar-refractivity contribution in [1.29, 1.82) is 0 Å². The van der Waals surface area contributed by atoms with Crippen LogP contribution in [0.5, 0.6) is 0 Å². The van der Waals surface area contributed by atoms with Gasteiger partial charge in [-0.2, -0.15) is 0 Å². The van der Waals surface area contributed by atoms with Crippen LogP contribution in [-0.2, 0) is 0 Å². The first kappa shape index (κ1) is 19.9. The molecule has 0 saturated heterocycles. The summed E-state index contributed by atoms with van der Waals surface area (Å²) in [6.07, 6.45) is 0.820. The molecule has 27 heavy (non-hydrogen) atoms. The van der Waals surface area contributed by atoms with E-state index in [1.165, 1.54) is 11.3 Å². The molecule has 2 amide bonds. The minimum absolute atomic E-state index is 0.238. The third-order valence-electron chi connectivity index (χ3n) is 3.90. The van der Waals surface area contributed by atoms with Crippen molar-refractivity contribution in [2.24, 2.45) is 0 Å². The van der Waals surface area contributed by atoms with E-state index in [0.29, 0.717) is 22.4 Å². The zero-order valence-electron chi connectivity index (χ0n) is 15.0. The molecular formula is C20H19BrClN3OS. The number of carbonyl (C=O) groups excluding carboxylic acids is 1. The van der Waals surface area contributed by atoms with Crippen LogP contribution < -0.4 is 10.2 Å². The van der Waals surface area contributed by atoms with Crippen molar-refractivity contribution in [3.8, 4) is 11.3 Å². The summed E-state index contributed by atoms with van der Waals surface area (Å²) in [6, 6.07) is 13.3. The minimum Gasteiger partial charge on any atom is -0.306 e. The van der Waals surface area contributed by atoms with Crippen molar-refractivity contribution < 1.29 is 4.79 Å². The highest BCUT2D eigenvalue weighted by Crippen LogP contribution is 2.30. The van der Waals surface area contributed by atoms with Crippen molar-refractivity contribution in [2.75, 3.05) is 16.8 Å². The molecular weight excluding hydrogens is 446 g/mol. The number of hydrogen-bond acceptors (Lipinski definition) is 3. The molecule has 4 nitrogen and oxygen atoms in total. The Bertz CT molecular complexity index is 960. The molecule has 7 heteroatoms. The molecule has 3 aromatic rings. The van der Waals surface area contributed by atoms with Gasteiger partial charge in [-0.25, -0.2) is 9.78 Å². The van der Waals surface area contributed by atoms with Gasteiger partial charge in [0.2, 0.25) is 0 Å². The highest BCUT2D eigenvalue weighted by atomic mass is 79.9. The molecule has 0 saturated carbocycles. The Labute approximate surface area is 176 Å². The molecule has 1 aromatic heterocycles. The van der Waals surface area contributed by atoms with Crippen molar-refractivity contribution in [2.45, 2.75) is 20.3 Å². The summed E-state index contributed by atoms with van der Waals surface area (Å²) < 4.78 is 0.992. The Balaban J connectivity index is 1.84. The maximum Gasteiger partial charge on any atom is 0.328 e. The summed E-state index contributed by atoms with van der Waals surface area (Å²) >= 11 is 11.2. The molecule has 0 fully saturated rings. The topological polar surface area (TPSA) is 45.2 Å². The van der Waals surface area contributed by atoms with Crippen molar-refractivity contribution in [3.63, 3.8) is 0 Å². The van der Waals surface area contributed by atoms with E-state index in [-0.39, 0.29) is 6.03 Å². The van der Waals surface area contributed by atoms with Gasteiger partial charge in [0, 0.05) is 22.0 Å². The molecule has 0 spiro atoms. The summed E-state index contributed by atoms with van der Waals surface area (Å²) in [4.78, 5) is 19.2. The number of urea groups is 1. The first-order valence-electron chi connectivity index (χ1n) is 8.54. The van der Waals surface area contributed by atoms with Crippen LogP contribution in [0.25, 0.3) is 11.3 Å². The van der Waals surface area contributed by atoms with Gasteiger partial charge >= 0.3 is 6.03 Å². The first-order valence-corrected chi connectivity index (χ1v) is 10.6. The highest BCUT2D eigenvalue weighted by Gasteiger charge is 2.20. The number of anilines is 2. The average Bonchev–Trinajstić information content (AvgIpc) is 3.11. The predicted molar refractivity (Wildman–Crippen MR) is 118 cm³/mol. The molecule has 0 radical (unpaired) electrons. The molecule has 1 N–H and O–H groups in total. The van der Waals surface area contributed by atoms with Crippen molar-refractivity contribution >= 4 is 55.7 Å². The SMILES string of the molecule is CCCN(C(=O)Nc1ccc(C)cc1Cl)c1nc(-c2cccc(Br)c2)cs1. The lowest BCUT2D eigenvalue weighted by Gasteiger charge is -2.20. The van der Waals surface area contributed by atoms with E-state index in [1.54, 1.807) is 4.90 Å². The zero-order valence-corrected chi connectivity index (χ0v) is 18.2. The number of aryl methyl sites for hydroxylation is 1. The van der Waals surface area contributed by atoms with Crippen molar-refractivity contribution in [1.82, 2.24) is 4.98 Å². The largest absolute Gasteiger partial charge is 0.328 e. The number of hydrogen-bond donors (Lipinski definition) is 1. The highest BCUT2D eigenvalue weighted by molar-refractivity contribution is 9.10. The Kier molecular flexibility index (Phi) is 6.52. The number of benzene rings is 2. The second-order valence-corrected chi connectivity index (χ2v) is 8.25. The van der Waals surface area contributed by atoms with Crippen LogP contribution in [0.1, 0.15) is 18.9 Å². The number of rotatable bonds is 5. The third kappa shape index (κ3) is 4.89. The third-order valence-corrected chi connectivity index (χ3v) is 5.57. The summed E-state index contributed by atoms with van der Waals surface area (Å²) in [5, 5.41) is 6.04. The van der Waals surface area contributed by atoms with E-state index in [1.807, 2.05) is 61.7 Å². The molecule has 1 heterocycles. The van der Waals surface area contributed by atoms with E-state index in [0.717, 1.165) is 27.7 Å². The number of nitrogens with one attached hydrogen (secondary N) is 1. The fourth-order valence-corrected chi connectivity index (χ4v) is 4.12. The summed E-state index contributed by atoms with van der Waals surface area (Å²) in [5.41, 5.74) is 3.49. The maximum absolute atomic E-state index is 12.9. The van der Waals surface area contributed by atoms with Gasteiger partial charge in [0.1, 0.15) is 0 Å². The maximum atomic E-state index is 12.9. The fourth-order valence-electron chi connectivity index (χ4n) is 2.58. The second kappa shape index (κ2) is 8.87. The van der Waals surface area contributed by atoms with Gasteiger partial charge in [0.05, 0.1) is 16.4 Å². The van der Waals surface area contributed by atoms with E-state index in [9.17, 15) is 4.79 Å². The number of halogens is 2. The molecule has 2 aromatic carbocycles. The van der Waals surface area contributed by atoms with E-state index < -0.39 is 0 Å². The van der Waals surface area contributed by atoms with Gasteiger partial charge in [0.15, 0.2) is 5.13 Å². The van der Waals surface area contributed by atoms with Crippen LogP contribution in [0, 0.1) is 6.92 Å². The summed E-state index contributed by atoms with van der Waals surface area (Å²) in [5.74, 6) is 0. The molecule has 0 atom stereocenters. The molecule has 3 rings (SSSR count). The van der Waals surface area contributed by atoms with Crippen LogP contribution in [0.3, 0.4) is 0 Å². The Morgan fingerprint density at radius 3 is 2.81 bits per heavy atom. The fraction of sp³-hybridized carbons (Fsp3) is 0.200. The summed E-state index contributed by atoms with van der Waals surface area (Å²) in [6.45, 7) is 4.56. The van der Waals surface area contributed by atoms with Crippen LogP contribution in [0.4, 0.5) is 15.6 Å². The lowest BCUT2D eigenvalue weighted by atomic mass is 10.2.